The summed E-state index contributed by atoms with van der Waals surface area (Å²) in [6.07, 6.45) is 0.740. The highest BCUT2D eigenvalue weighted by Gasteiger charge is 2.23. The molecule has 1 aromatic rings. The van der Waals surface area contributed by atoms with Gasteiger partial charge in [-0.15, -0.1) is 11.3 Å². The number of nitrogens with one attached hydrogen (secondary N) is 1. The van der Waals surface area contributed by atoms with Crippen molar-refractivity contribution in [2.24, 2.45) is 5.92 Å². The number of nitrogens with zero attached hydrogens (tertiary/aromatic N) is 1. The van der Waals surface area contributed by atoms with Gasteiger partial charge in [0.25, 0.3) is 0 Å². The quantitative estimate of drug-likeness (QED) is 0.818. The predicted octanol–water partition coefficient (Wildman–Crippen LogP) is 0.494. The molecule has 2 heterocycles. The molecular weight excluding hydrogens is 244 g/mol. The molecule has 2 rings (SSSR count). The molecule has 0 radical (unpaired) electrons. The third kappa shape index (κ3) is 3.01. The lowest BCUT2D eigenvalue weighted by atomic mass is 10.1. The molecule has 17 heavy (non-hydrogen) atoms. The van der Waals surface area contributed by atoms with Gasteiger partial charge in [0.05, 0.1) is 19.1 Å². The molecule has 92 valence electrons. The number of aromatic nitrogens is 1. The number of carbonyl (C=O) groups is 2. The van der Waals surface area contributed by atoms with Crippen LogP contribution in [-0.4, -0.2) is 35.2 Å². The van der Waals surface area contributed by atoms with E-state index in [1.165, 1.54) is 16.7 Å². The Kier molecular flexibility index (Phi) is 3.70. The van der Waals surface area contributed by atoms with Gasteiger partial charge in [-0.3, -0.25) is 4.79 Å². The van der Waals surface area contributed by atoms with E-state index in [0.717, 1.165) is 6.42 Å². The van der Waals surface area contributed by atoms with Gasteiger partial charge in [-0.25, -0.2) is 9.78 Å². The molecule has 0 unspecified atom stereocenters. The van der Waals surface area contributed by atoms with Crippen molar-refractivity contribution in [3.63, 3.8) is 0 Å². The number of aromatic carboxylic acids is 1. The van der Waals surface area contributed by atoms with Crippen molar-refractivity contribution in [2.75, 3.05) is 13.2 Å². The minimum absolute atomic E-state index is 0.0171. The first kappa shape index (κ1) is 12.0. The molecule has 1 aromatic heterocycles. The van der Waals surface area contributed by atoms with Crippen LogP contribution in [0.3, 0.4) is 0 Å². The van der Waals surface area contributed by atoms with Gasteiger partial charge in [0, 0.05) is 12.0 Å². The van der Waals surface area contributed by atoms with E-state index in [9.17, 15) is 9.59 Å². The summed E-state index contributed by atoms with van der Waals surface area (Å²) in [5.74, 6) is -1.20. The largest absolute Gasteiger partial charge is 0.476 e. The van der Waals surface area contributed by atoms with E-state index in [-0.39, 0.29) is 24.1 Å². The smallest absolute Gasteiger partial charge is 0.355 e. The summed E-state index contributed by atoms with van der Waals surface area (Å²) < 4.78 is 5.11. The maximum Gasteiger partial charge on any atom is 0.355 e. The summed E-state index contributed by atoms with van der Waals surface area (Å²) >= 11 is 1.22. The van der Waals surface area contributed by atoms with E-state index in [1.807, 2.05) is 0 Å². The lowest BCUT2D eigenvalue weighted by molar-refractivity contribution is -0.125. The van der Waals surface area contributed by atoms with Crippen LogP contribution in [0.2, 0.25) is 0 Å². The predicted molar refractivity (Wildman–Crippen MR) is 59.8 cm³/mol. The molecule has 7 heteroatoms. The zero-order valence-electron chi connectivity index (χ0n) is 9.01. The van der Waals surface area contributed by atoms with E-state index in [4.69, 9.17) is 9.84 Å². The van der Waals surface area contributed by atoms with E-state index < -0.39 is 5.97 Å². The number of carboxylic acid groups (broad SMARTS) is 1. The fourth-order valence-electron chi connectivity index (χ4n) is 1.54. The number of ether oxygens (including phenoxy) is 1. The highest BCUT2D eigenvalue weighted by molar-refractivity contribution is 7.09. The van der Waals surface area contributed by atoms with Crippen molar-refractivity contribution < 1.29 is 19.4 Å². The summed E-state index contributed by atoms with van der Waals surface area (Å²) in [6.45, 7) is 1.36. The molecule has 2 N–H and O–H groups in total. The lowest BCUT2D eigenvalue weighted by Crippen LogP contribution is -2.30. The average molecular weight is 256 g/mol. The van der Waals surface area contributed by atoms with Crippen molar-refractivity contribution in [1.29, 1.82) is 0 Å². The van der Waals surface area contributed by atoms with Crippen molar-refractivity contribution in [3.05, 3.63) is 16.1 Å². The first-order valence-corrected chi connectivity index (χ1v) is 6.08. The Hall–Kier alpha value is -1.47. The second-order valence-corrected chi connectivity index (χ2v) is 4.65. The number of carboxylic acids is 1. The van der Waals surface area contributed by atoms with Crippen LogP contribution in [0.25, 0.3) is 0 Å². The van der Waals surface area contributed by atoms with Crippen molar-refractivity contribution in [2.45, 2.75) is 13.0 Å². The molecule has 0 bridgehead atoms. The van der Waals surface area contributed by atoms with E-state index in [0.29, 0.717) is 18.2 Å². The molecule has 0 aliphatic carbocycles. The van der Waals surface area contributed by atoms with Crippen LogP contribution in [-0.2, 0) is 16.1 Å². The lowest BCUT2D eigenvalue weighted by Gasteiger charge is -2.07. The summed E-state index contributed by atoms with van der Waals surface area (Å²) in [4.78, 5) is 26.1. The molecule has 1 aliphatic rings. The molecule has 0 saturated carbocycles. The van der Waals surface area contributed by atoms with Crippen LogP contribution in [0.1, 0.15) is 21.9 Å². The Morgan fingerprint density at radius 3 is 3.06 bits per heavy atom. The molecule has 0 spiro atoms. The van der Waals surface area contributed by atoms with Gasteiger partial charge >= 0.3 is 5.97 Å². The molecule has 1 amide bonds. The standard InChI is InChI=1S/C10H12N2O4S/c13-9(6-1-2-16-4-6)11-3-8-12-7(5-17-8)10(14)15/h5-6H,1-4H2,(H,11,13)(H,14,15)/t6-/m0/s1. The van der Waals surface area contributed by atoms with Gasteiger partial charge < -0.3 is 15.2 Å². The minimum atomic E-state index is -1.05. The molecule has 0 aromatic carbocycles. The zero-order valence-corrected chi connectivity index (χ0v) is 9.83. The Bertz CT molecular complexity index is 426. The number of hydrogen-bond donors (Lipinski definition) is 2. The number of amides is 1. The molecule has 1 saturated heterocycles. The van der Waals surface area contributed by atoms with E-state index >= 15 is 0 Å². The van der Waals surface area contributed by atoms with Crippen LogP contribution < -0.4 is 5.32 Å². The van der Waals surface area contributed by atoms with Crippen LogP contribution >= 0.6 is 11.3 Å². The monoisotopic (exact) mass is 256 g/mol. The first-order valence-electron chi connectivity index (χ1n) is 5.20. The Balaban J connectivity index is 1.84. The van der Waals surface area contributed by atoms with Gasteiger partial charge in [-0.1, -0.05) is 0 Å². The third-order valence-corrected chi connectivity index (χ3v) is 3.33. The van der Waals surface area contributed by atoms with Crippen LogP contribution in [0.15, 0.2) is 5.38 Å². The van der Waals surface area contributed by atoms with Gasteiger partial charge in [0.15, 0.2) is 5.69 Å². The van der Waals surface area contributed by atoms with Crippen LogP contribution in [0, 0.1) is 5.92 Å². The van der Waals surface area contributed by atoms with Gasteiger partial charge in [-0.2, -0.15) is 0 Å². The van der Waals surface area contributed by atoms with Crippen LogP contribution in [0.5, 0.6) is 0 Å². The molecule has 1 aliphatic heterocycles. The SMILES string of the molecule is O=C(O)c1csc(CNC(=O)[C@H]2CCOC2)n1. The van der Waals surface area contributed by atoms with Crippen molar-refractivity contribution >= 4 is 23.2 Å². The van der Waals surface area contributed by atoms with Crippen molar-refractivity contribution in [1.82, 2.24) is 10.3 Å². The molecule has 1 fully saturated rings. The Morgan fingerprint density at radius 1 is 1.65 bits per heavy atom. The van der Waals surface area contributed by atoms with Gasteiger partial charge in [-0.05, 0) is 6.42 Å². The second-order valence-electron chi connectivity index (χ2n) is 3.71. The topological polar surface area (TPSA) is 88.5 Å². The fourth-order valence-corrected chi connectivity index (χ4v) is 2.25. The van der Waals surface area contributed by atoms with Crippen LogP contribution in [0.4, 0.5) is 0 Å². The highest BCUT2D eigenvalue weighted by atomic mass is 32.1. The third-order valence-electron chi connectivity index (χ3n) is 2.49. The average Bonchev–Trinajstić information content (AvgIpc) is 2.97. The van der Waals surface area contributed by atoms with Gasteiger partial charge in [0.2, 0.25) is 5.91 Å². The highest BCUT2D eigenvalue weighted by Crippen LogP contribution is 2.13. The summed E-state index contributed by atoms with van der Waals surface area (Å²) in [6, 6.07) is 0. The maximum absolute atomic E-state index is 11.6. The molecule has 1 atom stereocenters. The summed E-state index contributed by atoms with van der Waals surface area (Å²) in [5.41, 5.74) is 0.0171. The number of rotatable bonds is 4. The summed E-state index contributed by atoms with van der Waals surface area (Å²) in [7, 11) is 0. The second kappa shape index (κ2) is 5.24. The summed E-state index contributed by atoms with van der Waals surface area (Å²) in [5, 5.41) is 13.5. The van der Waals surface area contributed by atoms with E-state index in [2.05, 4.69) is 10.3 Å². The van der Waals surface area contributed by atoms with Gasteiger partial charge in [0.1, 0.15) is 5.01 Å². The molecular formula is C10H12N2O4S. The fraction of sp³-hybridized carbons (Fsp3) is 0.500. The van der Waals surface area contributed by atoms with E-state index in [1.54, 1.807) is 0 Å². The zero-order chi connectivity index (χ0) is 12.3. The molecule has 6 nitrogen and oxygen atoms in total. The number of hydrogen-bond acceptors (Lipinski definition) is 5. The first-order chi connectivity index (χ1) is 8.16. The normalized spacial score (nSPS) is 19.2. The minimum Gasteiger partial charge on any atom is -0.476 e. The Labute approximate surface area is 102 Å². The Morgan fingerprint density at radius 2 is 2.47 bits per heavy atom. The number of thiazole rings is 1. The maximum atomic E-state index is 11.6. The van der Waals surface area contributed by atoms with Crippen molar-refractivity contribution in [3.8, 4) is 0 Å². The number of carbonyl (C=O) groups excluding carboxylic acids is 1.